The van der Waals surface area contributed by atoms with Crippen molar-refractivity contribution < 1.29 is 19.5 Å². The fraction of sp³-hybridized carbons (Fsp3) is 0.438. The van der Waals surface area contributed by atoms with Crippen molar-refractivity contribution in [3.63, 3.8) is 0 Å². The van der Waals surface area contributed by atoms with Gasteiger partial charge in [0.15, 0.2) is 0 Å². The molecule has 3 rings (SSSR count). The van der Waals surface area contributed by atoms with Crippen molar-refractivity contribution in [1.82, 2.24) is 5.32 Å². The first kappa shape index (κ1) is 15.8. The van der Waals surface area contributed by atoms with E-state index >= 15 is 0 Å². The second kappa shape index (κ2) is 6.20. The number of anilines is 1. The molecule has 2 N–H and O–H groups in total. The third kappa shape index (κ3) is 3.17. The number of hydrogen-bond donors (Lipinski definition) is 2. The summed E-state index contributed by atoms with van der Waals surface area (Å²) in [5.41, 5.74) is 0.632. The van der Waals surface area contributed by atoms with E-state index in [2.05, 4.69) is 5.32 Å². The van der Waals surface area contributed by atoms with Gasteiger partial charge in [-0.25, -0.2) is 0 Å². The highest BCUT2D eigenvalue weighted by Crippen LogP contribution is 2.39. The summed E-state index contributed by atoms with van der Waals surface area (Å²) in [5, 5.41) is 12.1. The second-order valence-corrected chi connectivity index (χ2v) is 6.34. The lowest BCUT2D eigenvalue weighted by Crippen LogP contribution is -2.53. The van der Waals surface area contributed by atoms with Crippen LogP contribution in [0, 0.1) is 11.8 Å². The fourth-order valence-corrected chi connectivity index (χ4v) is 3.19. The van der Waals surface area contributed by atoms with Crippen LogP contribution >= 0.6 is 11.6 Å². The van der Waals surface area contributed by atoms with Crippen LogP contribution < -0.4 is 10.2 Å². The maximum atomic E-state index is 12.6. The van der Waals surface area contributed by atoms with Gasteiger partial charge in [-0.05, 0) is 31.4 Å². The molecule has 0 spiro atoms. The van der Waals surface area contributed by atoms with Gasteiger partial charge in [0.1, 0.15) is 6.04 Å². The van der Waals surface area contributed by atoms with Crippen molar-refractivity contribution in [2.75, 3.05) is 11.4 Å². The summed E-state index contributed by atoms with van der Waals surface area (Å²) in [6.07, 6.45) is 1.64. The number of aliphatic carboxylic acids is 1. The number of rotatable bonds is 4. The third-order valence-electron chi connectivity index (χ3n) is 4.34. The molecule has 7 heteroatoms. The third-order valence-corrected chi connectivity index (χ3v) is 4.66. The van der Waals surface area contributed by atoms with Gasteiger partial charge in [0.05, 0.1) is 22.5 Å². The summed E-state index contributed by atoms with van der Waals surface area (Å²) in [7, 11) is 0. The number of nitrogens with zero attached hydrogens (tertiary/aromatic N) is 1. The van der Waals surface area contributed by atoms with Crippen molar-refractivity contribution in [3.05, 3.63) is 29.3 Å². The van der Waals surface area contributed by atoms with E-state index in [4.69, 9.17) is 16.7 Å². The molecule has 0 bridgehead atoms. The Bertz CT molecular complexity index is 663. The van der Waals surface area contributed by atoms with Gasteiger partial charge in [0.2, 0.25) is 11.8 Å². The molecule has 1 saturated heterocycles. The van der Waals surface area contributed by atoms with Crippen molar-refractivity contribution in [3.8, 4) is 0 Å². The van der Waals surface area contributed by atoms with E-state index < -0.39 is 23.8 Å². The lowest BCUT2D eigenvalue weighted by molar-refractivity contribution is -0.140. The Hall–Kier alpha value is -2.08. The average molecular weight is 337 g/mol. The molecular weight excluding hydrogens is 320 g/mol. The number of carboxylic acids is 1. The molecular formula is C16H17ClN2O4. The fourth-order valence-electron chi connectivity index (χ4n) is 2.96. The van der Waals surface area contributed by atoms with E-state index in [1.54, 1.807) is 29.2 Å². The number of carbonyl (C=O) groups excluding carboxylic acids is 2. The average Bonchev–Trinajstić information content (AvgIpc) is 3.31. The van der Waals surface area contributed by atoms with E-state index in [0.29, 0.717) is 30.1 Å². The van der Waals surface area contributed by atoms with Crippen LogP contribution in [0.1, 0.15) is 19.3 Å². The Morgan fingerprint density at radius 1 is 1.26 bits per heavy atom. The number of carbonyl (C=O) groups is 3. The van der Waals surface area contributed by atoms with Crippen molar-refractivity contribution in [1.29, 1.82) is 0 Å². The molecule has 0 radical (unpaired) electrons. The Morgan fingerprint density at radius 3 is 2.65 bits per heavy atom. The molecule has 3 atom stereocenters. The van der Waals surface area contributed by atoms with E-state index in [1.807, 2.05) is 0 Å². The summed E-state index contributed by atoms with van der Waals surface area (Å²) in [5.74, 6) is -2.65. The standard InChI is InChI=1S/C16H17ClN2O4/c17-11-4-1-2-6-13(11)19-7-3-5-12(15(19)21)18-14(20)9-8-10(9)16(22)23/h1-2,4,6,9-10,12H,3,5,7-8H2,(H,18,20)(H,22,23)/t9-,10+,12-/m0/s1. The molecule has 1 heterocycles. The summed E-state index contributed by atoms with van der Waals surface area (Å²) < 4.78 is 0. The number of para-hydroxylation sites is 1. The first-order chi connectivity index (χ1) is 11.0. The highest BCUT2D eigenvalue weighted by atomic mass is 35.5. The summed E-state index contributed by atoms with van der Waals surface area (Å²) in [6, 6.07) is 6.46. The molecule has 23 heavy (non-hydrogen) atoms. The quantitative estimate of drug-likeness (QED) is 0.875. The topological polar surface area (TPSA) is 86.7 Å². The number of halogens is 1. The maximum absolute atomic E-state index is 12.6. The molecule has 6 nitrogen and oxygen atoms in total. The van der Waals surface area contributed by atoms with Crippen LogP contribution in [0.5, 0.6) is 0 Å². The molecule has 1 saturated carbocycles. The zero-order chi connectivity index (χ0) is 16.6. The molecule has 1 aromatic rings. The van der Waals surface area contributed by atoms with Gasteiger partial charge in [-0.1, -0.05) is 23.7 Å². The zero-order valence-corrected chi connectivity index (χ0v) is 13.1. The summed E-state index contributed by atoms with van der Waals surface area (Å²) in [6.45, 7) is 0.552. The minimum absolute atomic E-state index is 0.203. The maximum Gasteiger partial charge on any atom is 0.307 e. The van der Waals surface area contributed by atoms with Crippen LogP contribution in [0.2, 0.25) is 5.02 Å². The summed E-state index contributed by atoms with van der Waals surface area (Å²) >= 11 is 6.14. The van der Waals surface area contributed by atoms with E-state index in [-0.39, 0.29) is 11.8 Å². The lowest BCUT2D eigenvalue weighted by atomic mass is 10.0. The van der Waals surface area contributed by atoms with Gasteiger partial charge in [-0.2, -0.15) is 0 Å². The van der Waals surface area contributed by atoms with Crippen LogP contribution in [-0.2, 0) is 14.4 Å². The molecule has 1 aliphatic carbocycles. The molecule has 2 amide bonds. The minimum Gasteiger partial charge on any atom is -0.481 e. The van der Waals surface area contributed by atoms with E-state index in [0.717, 1.165) is 6.42 Å². The summed E-state index contributed by atoms with van der Waals surface area (Å²) in [4.78, 5) is 37.1. The number of amides is 2. The van der Waals surface area contributed by atoms with Crippen molar-refractivity contribution in [2.45, 2.75) is 25.3 Å². The number of carboxylic acid groups (broad SMARTS) is 1. The van der Waals surface area contributed by atoms with Crippen molar-refractivity contribution in [2.24, 2.45) is 11.8 Å². The van der Waals surface area contributed by atoms with Crippen LogP contribution in [0.4, 0.5) is 5.69 Å². The smallest absolute Gasteiger partial charge is 0.307 e. The van der Waals surface area contributed by atoms with E-state index in [1.165, 1.54) is 0 Å². The Balaban J connectivity index is 1.67. The first-order valence-corrected chi connectivity index (χ1v) is 7.96. The molecule has 2 fully saturated rings. The normalized spacial score (nSPS) is 26.7. The van der Waals surface area contributed by atoms with Gasteiger partial charge in [-0.3, -0.25) is 14.4 Å². The second-order valence-electron chi connectivity index (χ2n) is 5.93. The number of benzene rings is 1. The van der Waals surface area contributed by atoms with Gasteiger partial charge in [0, 0.05) is 6.54 Å². The van der Waals surface area contributed by atoms with Gasteiger partial charge in [-0.15, -0.1) is 0 Å². The number of piperidine rings is 1. The molecule has 2 aliphatic rings. The molecule has 0 unspecified atom stereocenters. The van der Waals surface area contributed by atoms with E-state index in [9.17, 15) is 14.4 Å². The zero-order valence-electron chi connectivity index (χ0n) is 12.4. The predicted octanol–water partition coefficient (Wildman–Crippen LogP) is 1.67. The Morgan fingerprint density at radius 2 is 2.00 bits per heavy atom. The monoisotopic (exact) mass is 336 g/mol. The molecule has 122 valence electrons. The Labute approximate surface area is 138 Å². The first-order valence-electron chi connectivity index (χ1n) is 7.58. The SMILES string of the molecule is O=C(N[C@H]1CCCN(c2ccccc2Cl)C1=O)[C@H]1C[C@H]1C(=O)O. The lowest BCUT2D eigenvalue weighted by Gasteiger charge is -2.33. The highest BCUT2D eigenvalue weighted by molar-refractivity contribution is 6.33. The number of hydrogen-bond acceptors (Lipinski definition) is 3. The highest BCUT2D eigenvalue weighted by Gasteiger charge is 2.49. The number of nitrogens with one attached hydrogen (secondary N) is 1. The minimum atomic E-state index is -0.960. The van der Waals surface area contributed by atoms with Gasteiger partial charge in [0.25, 0.3) is 0 Å². The Kier molecular flexibility index (Phi) is 4.26. The van der Waals surface area contributed by atoms with Crippen LogP contribution in [0.3, 0.4) is 0 Å². The molecule has 1 aliphatic heterocycles. The van der Waals surface area contributed by atoms with Crippen LogP contribution in [-0.4, -0.2) is 35.5 Å². The van der Waals surface area contributed by atoms with Gasteiger partial charge >= 0.3 is 5.97 Å². The molecule has 1 aromatic carbocycles. The van der Waals surface area contributed by atoms with Crippen LogP contribution in [0.15, 0.2) is 24.3 Å². The van der Waals surface area contributed by atoms with Crippen LogP contribution in [0.25, 0.3) is 0 Å². The largest absolute Gasteiger partial charge is 0.481 e. The van der Waals surface area contributed by atoms with Crippen molar-refractivity contribution >= 4 is 35.1 Å². The van der Waals surface area contributed by atoms with Gasteiger partial charge < -0.3 is 15.3 Å². The predicted molar refractivity (Wildman–Crippen MR) is 84.2 cm³/mol. The molecule has 0 aromatic heterocycles.